The third-order valence-corrected chi connectivity index (χ3v) is 1.95. The Balaban J connectivity index is 2.59. The Labute approximate surface area is 84.3 Å². The SMILES string of the molecule is O=c1ccn(-c2ccc(O)cc2)c(=O)[nH]1. The molecule has 0 atom stereocenters. The van der Waals surface area contributed by atoms with Crippen LogP contribution in [0.25, 0.3) is 5.69 Å². The Hall–Kier alpha value is -2.30. The number of aromatic amines is 1. The number of phenols is 1. The number of hydrogen-bond donors (Lipinski definition) is 2. The predicted molar refractivity (Wildman–Crippen MR) is 54.3 cm³/mol. The molecule has 0 saturated carbocycles. The van der Waals surface area contributed by atoms with Crippen LogP contribution in [-0.2, 0) is 0 Å². The summed E-state index contributed by atoms with van der Waals surface area (Å²) in [5, 5.41) is 9.07. The molecular weight excluding hydrogens is 196 g/mol. The highest BCUT2D eigenvalue weighted by atomic mass is 16.3. The molecule has 0 bridgehead atoms. The smallest absolute Gasteiger partial charge is 0.332 e. The topological polar surface area (TPSA) is 75.1 Å². The van der Waals surface area contributed by atoms with Crippen molar-refractivity contribution in [2.45, 2.75) is 0 Å². The molecule has 0 radical (unpaired) electrons. The van der Waals surface area contributed by atoms with Gasteiger partial charge >= 0.3 is 5.69 Å². The lowest BCUT2D eigenvalue weighted by molar-refractivity contribution is 0.475. The number of rotatable bonds is 1. The van der Waals surface area contributed by atoms with Crippen LogP contribution >= 0.6 is 0 Å². The summed E-state index contributed by atoms with van der Waals surface area (Å²) in [7, 11) is 0. The van der Waals surface area contributed by atoms with E-state index in [1.165, 1.54) is 29.0 Å². The highest BCUT2D eigenvalue weighted by Crippen LogP contribution is 2.11. The summed E-state index contributed by atoms with van der Waals surface area (Å²) < 4.78 is 1.28. The highest BCUT2D eigenvalue weighted by molar-refractivity contribution is 5.36. The van der Waals surface area contributed by atoms with Gasteiger partial charge in [0.05, 0.1) is 5.69 Å². The minimum Gasteiger partial charge on any atom is -0.508 e. The summed E-state index contributed by atoms with van der Waals surface area (Å²) in [5.41, 5.74) is -0.364. The number of nitrogens with zero attached hydrogens (tertiary/aromatic N) is 1. The quantitative estimate of drug-likeness (QED) is 0.698. The molecule has 0 amide bonds. The standard InChI is InChI=1S/C10H8N2O3/c13-8-3-1-7(2-4-8)12-6-5-9(14)11-10(12)15/h1-6,13H,(H,11,14,15). The lowest BCUT2D eigenvalue weighted by Gasteiger charge is -2.03. The van der Waals surface area contributed by atoms with Crippen LogP contribution in [0.1, 0.15) is 0 Å². The summed E-state index contributed by atoms with van der Waals surface area (Å²) in [6.07, 6.45) is 1.38. The van der Waals surface area contributed by atoms with Crippen LogP contribution in [0, 0.1) is 0 Å². The molecule has 1 heterocycles. The number of hydrogen-bond acceptors (Lipinski definition) is 3. The Kier molecular flexibility index (Phi) is 2.13. The van der Waals surface area contributed by atoms with E-state index in [0.717, 1.165) is 0 Å². The third-order valence-electron chi connectivity index (χ3n) is 1.95. The van der Waals surface area contributed by atoms with Crippen molar-refractivity contribution >= 4 is 0 Å². The van der Waals surface area contributed by atoms with Crippen LogP contribution in [0.5, 0.6) is 5.75 Å². The van der Waals surface area contributed by atoms with Gasteiger partial charge in [-0.2, -0.15) is 0 Å². The van der Waals surface area contributed by atoms with E-state index in [2.05, 4.69) is 4.98 Å². The molecule has 0 aliphatic heterocycles. The fourth-order valence-corrected chi connectivity index (χ4v) is 1.23. The van der Waals surface area contributed by atoms with Gasteiger partial charge in [-0.25, -0.2) is 4.79 Å². The van der Waals surface area contributed by atoms with Gasteiger partial charge in [0.2, 0.25) is 0 Å². The lowest BCUT2D eigenvalue weighted by Crippen LogP contribution is -2.27. The third kappa shape index (κ3) is 1.80. The molecule has 0 unspecified atom stereocenters. The first-order valence-corrected chi connectivity index (χ1v) is 4.28. The van der Waals surface area contributed by atoms with E-state index in [4.69, 9.17) is 5.11 Å². The minimum absolute atomic E-state index is 0.122. The Bertz CT molecular complexity index is 581. The number of phenolic OH excluding ortho intramolecular Hbond substituents is 1. The van der Waals surface area contributed by atoms with E-state index < -0.39 is 11.2 Å². The van der Waals surface area contributed by atoms with Crippen molar-refractivity contribution in [3.8, 4) is 11.4 Å². The fourth-order valence-electron chi connectivity index (χ4n) is 1.23. The molecule has 2 rings (SSSR count). The van der Waals surface area contributed by atoms with Crippen molar-refractivity contribution in [2.24, 2.45) is 0 Å². The molecular formula is C10H8N2O3. The van der Waals surface area contributed by atoms with Gasteiger partial charge in [-0.05, 0) is 24.3 Å². The van der Waals surface area contributed by atoms with Crippen molar-refractivity contribution in [1.29, 1.82) is 0 Å². The Morgan fingerprint density at radius 1 is 1.07 bits per heavy atom. The average molecular weight is 204 g/mol. The summed E-state index contributed by atoms with van der Waals surface area (Å²) in [6, 6.07) is 7.35. The van der Waals surface area contributed by atoms with Crippen molar-refractivity contribution in [1.82, 2.24) is 9.55 Å². The van der Waals surface area contributed by atoms with Gasteiger partial charge in [0.25, 0.3) is 5.56 Å². The Morgan fingerprint density at radius 3 is 2.33 bits per heavy atom. The molecule has 2 aromatic rings. The van der Waals surface area contributed by atoms with Crippen molar-refractivity contribution in [2.75, 3.05) is 0 Å². The first-order chi connectivity index (χ1) is 7.16. The van der Waals surface area contributed by atoms with Crippen molar-refractivity contribution < 1.29 is 5.11 Å². The first kappa shape index (κ1) is 9.26. The molecule has 1 aromatic heterocycles. The molecule has 0 saturated heterocycles. The highest BCUT2D eigenvalue weighted by Gasteiger charge is 1.99. The zero-order valence-electron chi connectivity index (χ0n) is 7.68. The lowest BCUT2D eigenvalue weighted by atomic mass is 10.3. The van der Waals surface area contributed by atoms with Crippen LogP contribution in [0.2, 0.25) is 0 Å². The molecule has 0 aliphatic carbocycles. The molecule has 2 N–H and O–H groups in total. The van der Waals surface area contributed by atoms with Crippen LogP contribution in [0.15, 0.2) is 46.1 Å². The summed E-state index contributed by atoms with van der Waals surface area (Å²) in [6.45, 7) is 0. The van der Waals surface area contributed by atoms with Crippen LogP contribution < -0.4 is 11.2 Å². The molecule has 76 valence electrons. The Morgan fingerprint density at radius 2 is 1.73 bits per heavy atom. The van der Waals surface area contributed by atoms with Crippen LogP contribution in [0.3, 0.4) is 0 Å². The maximum absolute atomic E-state index is 11.4. The summed E-state index contributed by atoms with van der Waals surface area (Å²) >= 11 is 0. The van der Waals surface area contributed by atoms with Gasteiger partial charge in [-0.15, -0.1) is 0 Å². The van der Waals surface area contributed by atoms with Gasteiger partial charge in [0.1, 0.15) is 5.75 Å². The normalized spacial score (nSPS) is 10.1. The second-order valence-electron chi connectivity index (χ2n) is 3.00. The number of H-pyrrole nitrogens is 1. The minimum atomic E-state index is -0.506. The molecule has 0 aliphatic rings. The second kappa shape index (κ2) is 3.45. The number of benzene rings is 1. The van der Waals surface area contributed by atoms with E-state index in [-0.39, 0.29) is 5.75 Å². The number of aromatic hydroxyl groups is 1. The maximum Gasteiger partial charge on any atom is 0.332 e. The van der Waals surface area contributed by atoms with E-state index in [1.54, 1.807) is 12.1 Å². The molecule has 0 spiro atoms. The predicted octanol–water partition coefficient (Wildman–Crippen LogP) is 0.231. The van der Waals surface area contributed by atoms with E-state index in [0.29, 0.717) is 5.69 Å². The monoisotopic (exact) mass is 204 g/mol. The zero-order chi connectivity index (χ0) is 10.8. The average Bonchev–Trinajstić information content (AvgIpc) is 2.20. The molecule has 5 nitrogen and oxygen atoms in total. The van der Waals surface area contributed by atoms with Gasteiger partial charge < -0.3 is 5.11 Å². The maximum atomic E-state index is 11.4. The van der Waals surface area contributed by atoms with Gasteiger partial charge in [-0.1, -0.05) is 0 Å². The molecule has 1 aromatic carbocycles. The van der Waals surface area contributed by atoms with Gasteiger partial charge in [-0.3, -0.25) is 14.3 Å². The second-order valence-corrected chi connectivity index (χ2v) is 3.00. The van der Waals surface area contributed by atoms with Crippen LogP contribution in [0.4, 0.5) is 0 Å². The van der Waals surface area contributed by atoms with Gasteiger partial charge in [0.15, 0.2) is 0 Å². The van der Waals surface area contributed by atoms with Crippen LogP contribution in [-0.4, -0.2) is 14.7 Å². The zero-order valence-corrected chi connectivity index (χ0v) is 7.68. The fraction of sp³-hybridized carbons (Fsp3) is 0. The molecule has 0 fully saturated rings. The summed E-state index contributed by atoms with van der Waals surface area (Å²) in [4.78, 5) is 24.3. The van der Waals surface area contributed by atoms with E-state index >= 15 is 0 Å². The van der Waals surface area contributed by atoms with E-state index in [1.807, 2.05) is 0 Å². The van der Waals surface area contributed by atoms with E-state index in [9.17, 15) is 9.59 Å². The number of aromatic nitrogens is 2. The van der Waals surface area contributed by atoms with Crippen molar-refractivity contribution in [3.63, 3.8) is 0 Å². The molecule has 15 heavy (non-hydrogen) atoms. The van der Waals surface area contributed by atoms with Crippen molar-refractivity contribution in [3.05, 3.63) is 57.4 Å². The summed E-state index contributed by atoms with van der Waals surface area (Å²) in [5.74, 6) is 0.122. The largest absolute Gasteiger partial charge is 0.508 e. The first-order valence-electron chi connectivity index (χ1n) is 4.28. The number of nitrogens with one attached hydrogen (secondary N) is 1. The molecule has 5 heteroatoms. The van der Waals surface area contributed by atoms with Gasteiger partial charge in [0, 0.05) is 12.3 Å².